The topological polar surface area (TPSA) is 67.4 Å². The van der Waals surface area contributed by atoms with Gasteiger partial charge in [-0.05, 0) is 17.7 Å². The summed E-state index contributed by atoms with van der Waals surface area (Å²) in [6.45, 7) is 0. The van der Waals surface area contributed by atoms with E-state index in [1.165, 1.54) is 19.2 Å². The molecule has 3 rings (SSSR count). The molecule has 0 spiro atoms. The second-order valence-corrected chi connectivity index (χ2v) is 6.03. The summed E-state index contributed by atoms with van der Waals surface area (Å²) in [5.74, 6) is -8.58. The highest BCUT2D eigenvalue weighted by molar-refractivity contribution is 6.08. The van der Waals surface area contributed by atoms with Crippen LogP contribution in [0.25, 0.3) is 11.1 Å². The Hall–Kier alpha value is -3.88. The molecule has 9 heteroatoms. The zero-order chi connectivity index (χ0) is 21.8. The summed E-state index contributed by atoms with van der Waals surface area (Å²) >= 11 is 0. The van der Waals surface area contributed by atoms with Crippen LogP contribution in [0.15, 0.2) is 54.6 Å². The molecule has 30 heavy (non-hydrogen) atoms. The van der Waals surface area contributed by atoms with Gasteiger partial charge in [-0.1, -0.05) is 30.3 Å². The SMILES string of the molecule is COc1cc(NC(=O)NC(=O)c2c(F)c(F)cc(F)c2F)ccc1-c1ccccc1. The van der Waals surface area contributed by atoms with Crippen LogP contribution >= 0.6 is 0 Å². The number of amides is 3. The van der Waals surface area contributed by atoms with Gasteiger partial charge in [0.2, 0.25) is 0 Å². The molecule has 0 saturated carbocycles. The van der Waals surface area contributed by atoms with Crippen molar-refractivity contribution >= 4 is 17.6 Å². The highest BCUT2D eigenvalue weighted by atomic mass is 19.2. The number of carbonyl (C=O) groups is 2. The molecule has 2 N–H and O–H groups in total. The largest absolute Gasteiger partial charge is 0.496 e. The maximum Gasteiger partial charge on any atom is 0.326 e. The fourth-order valence-corrected chi connectivity index (χ4v) is 2.73. The normalized spacial score (nSPS) is 10.4. The van der Waals surface area contributed by atoms with Crippen LogP contribution in [0.5, 0.6) is 5.75 Å². The van der Waals surface area contributed by atoms with E-state index in [1.54, 1.807) is 11.4 Å². The van der Waals surface area contributed by atoms with Crippen molar-refractivity contribution in [2.75, 3.05) is 12.4 Å². The fraction of sp³-hybridized carbons (Fsp3) is 0.0476. The van der Waals surface area contributed by atoms with Gasteiger partial charge >= 0.3 is 6.03 Å². The smallest absolute Gasteiger partial charge is 0.326 e. The van der Waals surface area contributed by atoms with E-state index < -0.39 is 40.8 Å². The van der Waals surface area contributed by atoms with Gasteiger partial charge in [0, 0.05) is 23.4 Å². The number of halogens is 4. The Labute approximate surface area is 168 Å². The number of nitrogens with one attached hydrogen (secondary N) is 2. The Bertz CT molecular complexity index is 1090. The van der Waals surface area contributed by atoms with Crippen molar-refractivity contribution in [1.82, 2.24) is 5.32 Å². The molecule has 0 saturated heterocycles. The minimum absolute atomic E-state index is 0.0396. The first-order valence-corrected chi connectivity index (χ1v) is 8.50. The summed E-state index contributed by atoms with van der Waals surface area (Å²) < 4.78 is 59.2. The van der Waals surface area contributed by atoms with E-state index in [0.29, 0.717) is 5.75 Å². The summed E-state index contributed by atoms with van der Waals surface area (Å²) in [7, 11) is 1.43. The first kappa shape index (κ1) is 20.8. The number of imide groups is 1. The Morgan fingerprint density at radius 3 is 2.10 bits per heavy atom. The van der Waals surface area contributed by atoms with Gasteiger partial charge in [0.05, 0.1) is 7.11 Å². The highest BCUT2D eigenvalue weighted by Gasteiger charge is 2.26. The summed E-state index contributed by atoms with van der Waals surface area (Å²) in [6.07, 6.45) is 0. The lowest BCUT2D eigenvalue weighted by Gasteiger charge is -2.12. The molecule has 0 aliphatic rings. The summed E-state index contributed by atoms with van der Waals surface area (Å²) in [5, 5.41) is 3.90. The molecule has 0 atom stereocenters. The summed E-state index contributed by atoms with van der Waals surface area (Å²) in [5.41, 5.74) is 0.252. The van der Waals surface area contributed by atoms with E-state index in [1.807, 2.05) is 30.3 Å². The first-order valence-electron chi connectivity index (χ1n) is 8.50. The van der Waals surface area contributed by atoms with Crippen LogP contribution in [-0.2, 0) is 0 Å². The number of urea groups is 1. The van der Waals surface area contributed by atoms with Crippen molar-refractivity contribution < 1.29 is 31.9 Å². The van der Waals surface area contributed by atoms with Crippen LogP contribution < -0.4 is 15.4 Å². The molecule has 0 fully saturated rings. The molecule has 0 aromatic heterocycles. The number of hydrogen-bond donors (Lipinski definition) is 2. The van der Waals surface area contributed by atoms with Crippen LogP contribution in [0.2, 0.25) is 0 Å². The predicted octanol–water partition coefficient (Wildman–Crippen LogP) is 4.88. The van der Waals surface area contributed by atoms with Gasteiger partial charge in [-0.3, -0.25) is 10.1 Å². The number of anilines is 1. The molecule has 0 unspecified atom stereocenters. The van der Waals surface area contributed by atoms with Crippen LogP contribution in [-0.4, -0.2) is 19.0 Å². The summed E-state index contributed by atoms with van der Waals surface area (Å²) in [6, 6.07) is 12.7. The Morgan fingerprint density at radius 1 is 0.867 bits per heavy atom. The lowest BCUT2D eigenvalue weighted by atomic mass is 10.0. The van der Waals surface area contributed by atoms with E-state index in [0.717, 1.165) is 11.1 Å². The second kappa shape index (κ2) is 8.64. The van der Waals surface area contributed by atoms with Crippen LogP contribution in [0.1, 0.15) is 10.4 Å². The minimum Gasteiger partial charge on any atom is -0.496 e. The second-order valence-electron chi connectivity index (χ2n) is 6.03. The first-order chi connectivity index (χ1) is 14.3. The molecule has 3 aromatic rings. The third-order valence-corrected chi connectivity index (χ3v) is 4.11. The maximum atomic E-state index is 13.7. The van der Waals surface area contributed by atoms with E-state index in [2.05, 4.69) is 5.32 Å². The van der Waals surface area contributed by atoms with Crippen LogP contribution in [0.3, 0.4) is 0 Å². The van der Waals surface area contributed by atoms with Crippen molar-refractivity contribution in [2.24, 2.45) is 0 Å². The van der Waals surface area contributed by atoms with Crippen molar-refractivity contribution in [2.45, 2.75) is 0 Å². The molecule has 3 aromatic carbocycles. The average molecular weight is 418 g/mol. The fourth-order valence-electron chi connectivity index (χ4n) is 2.73. The lowest BCUT2D eigenvalue weighted by Crippen LogP contribution is -2.35. The van der Waals surface area contributed by atoms with Gasteiger partial charge in [-0.25, -0.2) is 22.4 Å². The number of benzene rings is 3. The van der Waals surface area contributed by atoms with Gasteiger partial charge < -0.3 is 10.1 Å². The molecule has 0 bridgehead atoms. The number of rotatable bonds is 4. The number of ether oxygens (including phenoxy) is 1. The minimum atomic E-state index is -1.91. The third-order valence-electron chi connectivity index (χ3n) is 4.11. The van der Waals surface area contributed by atoms with Crippen molar-refractivity contribution in [3.8, 4) is 16.9 Å². The standard InChI is InChI=1S/C21H14F4N2O3/c1-30-16-9-12(7-8-13(16)11-5-3-2-4-6-11)26-21(29)27-20(28)17-18(24)14(22)10-15(23)19(17)25/h2-10H,1H3,(H2,26,27,28,29). The van der Waals surface area contributed by atoms with E-state index in [-0.39, 0.29) is 11.8 Å². The van der Waals surface area contributed by atoms with Crippen molar-refractivity contribution in [3.05, 3.63) is 83.4 Å². The van der Waals surface area contributed by atoms with Gasteiger partial charge in [-0.15, -0.1) is 0 Å². The molecule has 0 aliphatic heterocycles. The Kier molecular flexibility index (Phi) is 6.01. The Morgan fingerprint density at radius 2 is 1.50 bits per heavy atom. The molecule has 3 amide bonds. The molecule has 5 nitrogen and oxygen atoms in total. The molecule has 154 valence electrons. The summed E-state index contributed by atoms with van der Waals surface area (Å²) in [4.78, 5) is 24.0. The van der Waals surface area contributed by atoms with Gasteiger partial charge in [-0.2, -0.15) is 0 Å². The predicted molar refractivity (Wildman–Crippen MR) is 101 cm³/mol. The van der Waals surface area contributed by atoms with E-state index >= 15 is 0 Å². The van der Waals surface area contributed by atoms with E-state index in [9.17, 15) is 27.2 Å². The quantitative estimate of drug-likeness (QED) is 0.469. The van der Waals surface area contributed by atoms with Gasteiger partial charge in [0.1, 0.15) is 11.3 Å². The zero-order valence-electron chi connectivity index (χ0n) is 15.4. The molecule has 0 aliphatic carbocycles. The molecular weight excluding hydrogens is 404 g/mol. The number of methoxy groups -OCH3 is 1. The molecule has 0 radical (unpaired) electrons. The van der Waals surface area contributed by atoms with Crippen molar-refractivity contribution in [3.63, 3.8) is 0 Å². The van der Waals surface area contributed by atoms with Gasteiger partial charge in [0.15, 0.2) is 23.3 Å². The van der Waals surface area contributed by atoms with Crippen LogP contribution in [0, 0.1) is 23.3 Å². The Balaban J connectivity index is 1.78. The average Bonchev–Trinajstić information content (AvgIpc) is 2.73. The van der Waals surface area contributed by atoms with Crippen molar-refractivity contribution in [1.29, 1.82) is 0 Å². The third kappa shape index (κ3) is 4.24. The molecular formula is C21H14F4N2O3. The lowest BCUT2D eigenvalue weighted by molar-refractivity contribution is 0.0956. The van der Waals surface area contributed by atoms with E-state index in [4.69, 9.17) is 4.74 Å². The zero-order valence-corrected chi connectivity index (χ0v) is 15.4. The monoisotopic (exact) mass is 418 g/mol. The van der Waals surface area contributed by atoms with Crippen LogP contribution in [0.4, 0.5) is 28.0 Å². The van der Waals surface area contributed by atoms with Gasteiger partial charge in [0.25, 0.3) is 5.91 Å². The molecule has 0 heterocycles. The maximum absolute atomic E-state index is 13.7. The highest BCUT2D eigenvalue weighted by Crippen LogP contribution is 2.32. The number of hydrogen-bond acceptors (Lipinski definition) is 3. The number of carbonyl (C=O) groups excluding carboxylic acids is 2.